The number of benzene rings is 1. The van der Waals surface area contributed by atoms with Crippen molar-refractivity contribution in [1.82, 2.24) is 15.6 Å². The minimum absolute atomic E-state index is 0. The normalized spacial score (nSPS) is 13.9. The summed E-state index contributed by atoms with van der Waals surface area (Å²) in [6.07, 6.45) is 1.07. The van der Waals surface area contributed by atoms with E-state index in [0.29, 0.717) is 17.8 Å². The number of nitrogens with one attached hydrogen (secondary N) is 2. The molecule has 0 fully saturated rings. The van der Waals surface area contributed by atoms with Crippen LogP contribution < -0.4 is 10.6 Å². The van der Waals surface area contributed by atoms with E-state index in [0.717, 1.165) is 30.5 Å². The van der Waals surface area contributed by atoms with Crippen molar-refractivity contribution in [3.05, 3.63) is 40.5 Å². The first kappa shape index (κ1) is 16.2. The molecule has 0 bridgehead atoms. The maximum atomic E-state index is 13.7. The number of hydrogen-bond donors (Lipinski definition) is 2. The van der Waals surface area contributed by atoms with Gasteiger partial charge in [-0.05, 0) is 18.6 Å². The van der Waals surface area contributed by atoms with Gasteiger partial charge in [0.05, 0.1) is 12.2 Å². The predicted octanol–water partition coefficient (Wildman–Crippen LogP) is 3.01. The first-order chi connectivity index (χ1) is 9.83. The third-order valence-electron chi connectivity index (χ3n) is 3.01. The Hall–Kier alpha value is -1.22. The van der Waals surface area contributed by atoms with Crippen LogP contribution in [0.15, 0.2) is 34.6 Å². The van der Waals surface area contributed by atoms with Crippen molar-refractivity contribution in [3.8, 4) is 11.3 Å². The van der Waals surface area contributed by atoms with Crippen LogP contribution in [0.2, 0.25) is 0 Å². The van der Waals surface area contributed by atoms with E-state index in [4.69, 9.17) is 0 Å². The van der Waals surface area contributed by atoms with Crippen LogP contribution in [0.3, 0.4) is 0 Å². The highest BCUT2D eigenvalue weighted by Crippen LogP contribution is 2.24. The van der Waals surface area contributed by atoms with Crippen molar-refractivity contribution in [2.24, 2.45) is 4.99 Å². The van der Waals surface area contributed by atoms with Crippen molar-refractivity contribution in [2.75, 3.05) is 13.1 Å². The van der Waals surface area contributed by atoms with E-state index in [1.165, 1.54) is 17.4 Å². The van der Waals surface area contributed by atoms with Crippen LogP contribution >= 0.6 is 35.3 Å². The summed E-state index contributed by atoms with van der Waals surface area (Å²) in [5.41, 5.74) is 1.23. The monoisotopic (exact) mass is 418 g/mol. The molecule has 1 aliphatic rings. The van der Waals surface area contributed by atoms with Gasteiger partial charge in [-0.3, -0.25) is 4.99 Å². The van der Waals surface area contributed by atoms with Crippen LogP contribution in [0.1, 0.15) is 11.4 Å². The largest absolute Gasteiger partial charge is 0.356 e. The molecular formula is C14H16FIN4S. The van der Waals surface area contributed by atoms with Gasteiger partial charge in [0, 0.05) is 24.0 Å². The number of halogens is 2. The zero-order valence-corrected chi connectivity index (χ0v) is 14.5. The lowest BCUT2D eigenvalue weighted by molar-refractivity contribution is 0.630. The van der Waals surface area contributed by atoms with Crippen LogP contribution in [-0.4, -0.2) is 24.0 Å². The number of rotatable bonds is 3. The Labute approximate surface area is 143 Å². The fraction of sp³-hybridized carbons (Fsp3) is 0.286. The molecular weight excluding hydrogens is 402 g/mol. The molecule has 1 aromatic carbocycles. The number of aromatic nitrogens is 1. The fourth-order valence-electron chi connectivity index (χ4n) is 2.00. The SMILES string of the molecule is Fc1ccccc1-c1csc(CNC2=NCCCN2)n1.I. The molecule has 21 heavy (non-hydrogen) atoms. The predicted molar refractivity (Wildman–Crippen MR) is 94.7 cm³/mol. The molecule has 0 unspecified atom stereocenters. The molecule has 0 radical (unpaired) electrons. The Kier molecular flexibility index (Phi) is 5.92. The Morgan fingerprint density at radius 1 is 1.33 bits per heavy atom. The molecule has 1 aromatic heterocycles. The third kappa shape index (κ3) is 4.13. The van der Waals surface area contributed by atoms with Gasteiger partial charge in [-0.2, -0.15) is 0 Å². The highest BCUT2D eigenvalue weighted by molar-refractivity contribution is 14.0. The van der Waals surface area contributed by atoms with Crippen molar-refractivity contribution >= 4 is 41.3 Å². The second-order valence-corrected chi connectivity index (χ2v) is 5.41. The summed E-state index contributed by atoms with van der Waals surface area (Å²) in [6, 6.07) is 6.69. The van der Waals surface area contributed by atoms with E-state index in [9.17, 15) is 4.39 Å². The van der Waals surface area contributed by atoms with Crippen LogP contribution in [0.5, 0.6) is 0 Å². The minimum atomic E-state index is -0.240. The van der Waals surface area contributed by atoms with Gasteiger partial charge in [0.25, 0.3) is 0 Å². The average Bonchev–Trinajstić information content (AvgIpc) is 2.95. The average molecular weight is 418 g/mol. The molecule has 3 rings (SSSR count). The maximum Gasteiger partial charge on any atom is 0.191 e. The smallest absolute Gasteiger partial charge is 0.191 e. The molecule has 2 aromatic rings. The number of hydrogen-bond acceptors (Lipinski definition) is 5. The lowest BCUT2D eigenvalue weighted by Gasteiger charge is -2.14. The molecule has 0 aliphatic carbocycles. The van der Waals surface area contributed by atoms with Gasteiger partial charge in [-0.25, -0.2) is 9.37 Å². The topological polar surface area (TPSA) is 49.3 Å². The van der Waals surface area contributed by atoms with Gasteiger partial charge in [-0.15, -0.1) is 35.3 Å². The Morgan fingerprint density at radius 2 is 2.19 bits per heavy atom. The van der Waals surface area contributed by atoms with Crippen molar-refractivity contribution in [1.29, 1.82) is 0 Å². The Morgan fingerprint density at radius 3 is 2.95 bits per heavy atom. The van der Waals surface area contributed by atoms with E-state index < -0.39 is 0 Å². The molecule has 4 nitrogen and oxygen atoms in total. The number of aliphatic imine (C=N–C) groups is 1. The third-order valence-corrected chi connectivity index (χ3v) is 3.85. The highest BCUT2D eigenvalue weighted by Gasteiger charge is 2.09. The molecule has 112 valence electrons. The molecule has 1 aliphatic heterocycles. The Bertz CT molecular complexity index is 629. The first-order valence-electron chi connectivity index (χ1n) is 6.54. The van der Waals surface area contributed by atoms with E-state index in [1.54, 1.807) is 12.1 Å². The molecule has 2 N–H and O–H groups in total. The summed E-state index contributed by atoms with van der Waals surface area (Å²) in [4.78, 5) is 8.79. The van der Waals surface area contributed by atoms with Crippen LogP contribution in [0, 0.1) is 5.82 Å². The molecule has 0 spiro atoms. The quantitative estimate of drug-likeness (QED) is 0.754. The van der Waals surface area contributed by atoms with Crippen molar-refractivity contribution in [3.63, 3.8) is 0 Å². The van der Waals surface area contributed by atoms with E-state index >= 15 is 0 Å². The summed E-state index contributed by atoms with van der Waals surface area (Å²) in [7, 11) is 0. The number of thiazole rings is 1. The standard InChI is InChI=1S/C14H15FN4S.HI/c15-11-5-2-1-4-10(11)12-9-20-13(19-12)8-18-14-16-6-3-7-17-14;/h1-2,4-5,9H,3,6-8H2,(H2,16,17,18);1H. The second kappa shape index (κ2) is 7.69. The number of nitrogens with zero attached hydrogens (tertiary/aromatic N) is 2. The van der Waals surface area contributed by atoms with Gasteiger partial charge in [0.1, 0.15) is 10.8 Å². The molecule has 0 saturated carbocycles. The van der Waals surface area contributed by atoms with E-state index in [1.807, 2.05) is 11.4 Å². The van der Waals surface area contributed by atoms with Crippen molar-refractivity contribution < 1.29 is 4.39 Å². The molecule has 0 amide bonds. The lowest BCUT2D eigenvalue weighted by Crippen LogP contribution is -2.40. The zero-order valence-electron chi connectivity index (χ0n) is 11.3. The maximum absolute atomic E-state index is 13.7. The summed E-state index contributed by atoms with van der Waals surface area (Å²) in [5, 5.41) is 9.20. The van der Waals surface area contributed by atoms with Crippen LogP contribution in [0.25, 0.3) is 11.3 Å². The van der Waals surface area contributed by atoms with Gasteiger partial charge in [-0.1, -0.05) is 12.1 Å². The Balaban J connectivity index is 0.00000161. The first-order valence-corrected chi connectivity index (χ1v) is 7.42. The van der Waals surface area contributed by atoms with Gasteiger partial charge in [0.15, 0.2) is 5.96 Å². The summed E-state index contributed by atoms with van der Waals surface area (Å²) >= 11 is 1.52. The fourth-order valence-corrected chi connectivity index (χ4v) is 2.73. The zero-order chi connectivity index (χ0) is 13.8. The van der Waals surface area contributed by atoms with Crippen LogP contribution in [0.4, 0.5) is 4.39 Å². The minimum Gasteiger partial charge on any atom is -0.356 e. The van der Waals surface area contributed by atoms with Crippen molar-refractivity contribution in [2.45, 2.75) is 13.0 Å². The van der Waals surface area contributed by atoms with E-state index in [-0.39, 0.29) is 29.8 Å². The van der Waals surface area contributed by atoms with Gasteiger partial charge in [0.2, 0.25) is 0 Å². The summed E-state index contributed by atoms with van der Waals surface area (Å²) in [6.45, 7) is 2.41. The molecule has 0 saturated heterocycles. The van der Waals surface area contributed by atoms with Gasteiger partial charge >= 0.3 is 0 Å². The molecule has 0 atom stereocenters. The molecule has 7 heteroatoms. The molecule has 2 heterocycles. The highest BCUT2D eigenvalue weighted by atomic mass is 127. The number of guanidine groups is 1. The van der Waals surface area contributed by atoms with Crippen LogP contribution in [-0.2, 0) is 6.54 Å². The summed E-state index contributed by atoms with van der Waals surface area (Å²) in [5.74, 6) is 0.578. The van der Waals surface area contributed by atoms with E-state index in [2.05, 4.69) is 20.6 Å². The second-order valence-electron chi connectivity index (χ2n) is 4.47. The lowest BCUT2D eigenvalue weighted by atomic mass is 10.2. The van der Waals surface area contributed by atoms with Gasteiger partial charge < -0.3 is 10.6 Å². The summed E-state index contributed by atoms with van der Waals surface area (Å²) < 4.78 is 13.7.